The third-order valence-electron chi connectivity index (χ3n) is 4.23. The highest BCUT2D eigenvalue weighted by Gasteiger charge is 2.30. The quantitative estimate of drug-likeness (QED) is 0.390. The Kier molecular flexibility index (Phi) is 7.66. The van der Waals surface area contributed by atoms with Crippen molar-refractivity contribution < 1.29 is 19.0 Å². The van der Waals surface area contributed by atoms with Gasteiger partial charge in [0.1, 0.15) is 12.4 Å². The van der Waals surface area contributed by atoms with Crippen molar-refractivity contribution in [1.29, 1.82) is 0 Å². The number of rotatable bonds is 7. The molecule has 6 nitrogen and oxygen atoms in total. The summed E-state index contributed by atoms with van der Waals surface area (Å²) < 4.78 is 17.2. The zero-order valence-corrected chi connectivity index (χ0v) is 19.7. The van der Waals surface area contributed by atoms with E-state index < -0.39 is 0 Å². The number of amides is 1. The molecule has 0 bridgehead atoms. The molecule has 1 saturated heterocycles. The van der Waals surface area contributed by atoms with Gasteiger partial charge in [0, 0.05) is 7.05 Å². The summed E-state index contributed by atoms with van der Waals surface area (Å²) in [4.78, 5) is 19.4. The van der Waals surface area contributed by atoms with Crippen LogP contribution in [0.2, 0.25) is 0 Å². The first-order chi connectivity index (χ1) is 15.0. The number of likely N-dealkylation sites (N-methyl/N-ethyl adjacent to an activating group) is 1. The van der Waals surface area contributed by atoms with Gasteiger partial charge in [0.25, 0.3) is 5.91 Å². The summed E-state index contributed by atoms with van der Waals surface area (Å²) in [7, 11) is 3.32. The fourth-order valence-corrected chi connectivity index (χ4v) is 4.32. The van der Waals surface area contributed by atoms with Crippen LogP contribution in [0.4, 0.5) is 5.69 Å². The number of carbonyl (C=O) groups is 1. The zero-order chi connectivity index (χ0) is 22.4. The second kappa shape index (κ2) is 10.4. The van der Waals surface area contributed by atoms with Gasteiger partial charge in [-0.15, -0.1) is 6.42 Å². The Bertz CT molecular complexity index is 1070. The number of methoxy groups -OCH3 is 1. The van der Waals surface area contributed by atoms with Crippen LogP contribution in [-0.2, 0) is 4.79 Å². The van der Waals surface area contributed by atoms with Gasteiger partial charge in [0.2, 0.25) is 0 Å². The molecule has 0 N–H and O–H groups in total. The lowest BCUT2D eigenvalue weighted by molar-refractivity contribution is -0.121. The Hall–Kier alpha value is -2.89. The van der Waals surface area contributed by atoms with Gasteiger partial charge in [-0.25, -0.2) is 4.99 Å². The number of hydrogen-bond donors (Lipinski definition) is 0. The predicted octanol–water partition coefficient (Wildman–Crippen LogP) is 5.10. The second-order valence-electron chi connectivity index (χ2n) is 6.32. The first-order valence-corrected chi connectivity index (χ1v) is 11.0. The van der Waals surface area contributed by atoms with Crippen molar-refractivity contribution in [1.82, 2.24) is 4.90 Å². The van der Waals surface area contributed by atoms with Crippen LogP contribution in [0.15, 0.2) is 50.8 Å². The van der Waals surface area contributed by atoms with E-state index in [1.807, 2.05) is 43.3 Å². The molecule has 0 unspecified atom stereocenters. The smallest absolute Gasteiger partial charge is 0.266 e. The van der Waals surface area contributed by atoms with E-state index in [4.69, 9.17) is 20.6 Å². The van der Waals surface area contributed by atoms with Gasteiger partial charge in [-0.1, -0.05) is 5.92 Å². The molecule has 31 heavy (non-hydrogen) atoms. The Morgan fingerprint density at radius 2 is 2.00 bits per heavy atom. The van der Waals surface area contributed by atoms with Crippen molar-refractivity contribution in [2.75, 3.05) is 27.4 Å². The van der Waals surface area contributed by atoms with Crippen LogP contribution in [0.3, 0.4) is 0 Å². The van der Waals surface area contributed by atoms with Gasteiger partial charge in [0.15, 0.2) is 16.7 Å². The van der Waals surface area contributed by atoms with E-state index in [9.17, 15) is 4.79 Å². The van der Waals surface area contributed by atoms with Crippen LogP contribution >= 0.6 is 27.7 Å². The van der Waals surface area contributed by atoms with E-state index in [0.717, 1.165) is 17.0 Å². The number of thioether (sulfide) groups is 1. The number of aliphatic imine (C=N–C) groups is 1. The predicted molar refractivity (Wildman–Crippen MR) is 128 cm³/mol. The van der Waals surface area contributed by atoms with Crippen LogP contribution in [0, 0.1) is 12.3 Å². The molecule has 1 aliphatic heterocycles. The van der Waals surface area contributed by atoms with Gasteiger partial charge < -0.3 is 14.2 Å². The Morgan fingerprint density at radius 3 is 2.65 bits per heavy atom. The van der Waals surface area contributed by atoms with Gasteiger partial charge in [-0.2, -0.15) is 0 Å². The summed E-state index contributed by atoms with van der Waals surface area (Å²) in [6, 6.07) is 11.0. The number of carbonyl (C=O) groups excluding carboxylic acids is 1. The minimum absolute atomic E-state index is 0.126. The number of terminal acetylenes is 1. The second-order valence-corrected chi connectivity index (χ2v) is 8.19. The van der Waals surface area contributed by atoms with E-state index in [1.54, 1.807) is 20.2 Å². The maximum absolute atomic E-state index is 12.8. The number of ether oxygens (including phenoxy) is 3. The molecule has 1 aliphatic rings. The van der Waals surface area contributed by atoms with Crippen LogP contribution in [-0.4, -0.2) is 43.3 Å². The lowest BCUT2D eigenvalue weighted by Crippen LogP contribution is -2.23. The molecule has 1 amide bonds. The first-order valence-electron chi connectivity index (χ1n) is 9.39. The fourth-order valence-electron chi connectivity index (χ4n) is 2.76. The summed E-state index contributed by atoms with van der Waals surface area (Å²) in [5, 5.41) is 0.597. The molecule has 2 aromatic rings. The van der Waals surface area contributed by atoms with Crippen molar-refractivity contribution in [3.63, 3.8) is 0 Å². The van der Waals surface area contributed by atoms with Crippen LogP contribution in [0.1, 0.15) is 12.5 Å². The van der Waals surface area contributed by atoms with Gasteiger partial charge in [-0.05, 0) is 82.7 Å². The normalized spacial score (nSPS) is 16.0. The molecule has 2 aromatic carbocycles. The maximum atomic E-state index is 12.8. The van der Waals surface area contributed by atoms with Gasteiger partial charge >= 0.3 is 0 Å². The van der Waals surface area contributed by atoms with Gasteiger partial charge in [-0.3, -0.25) is 9.69 Å². The van der Waals surface area contributed by atoms with Crippen LogP contribution in [0.25, 0.3) is 6.08 Å². The van der Waals surface area contributed by atoms with Crippen molar-refractivity contribution in [3.05, 3.63) is 51.3 Å². The summed E-state index contributed by atoms with van der Waals surface area (Å²) in [6.07, 6.45) is 7.10. The summed E-state index contributed by atoms with van der Waals surface area (Å²) in [6.45, 7) is 2.48. The van der Waals surface area contributed by atoms with E-state index in [0.29, 0.717) is 32.7 Å². The summed E-state index contributed by atoms with van der Waals surface area (Å²) in [5.74, 6) is 4.15. The number of amidine groups is 1. The van der Waals surface area contributed by atoms with Crippen molar-refractivity contribution in [3.8, 4) is 29.6 Å². The third-order valence-corrected chi connectivity index (χ3v) is 5.88. The standard InChI is InChI=1S/C23H21BrN2O4S/c1-5-11-30-21-18(24)12-15(13-19(21)29-6-2)14-20-22(27)26(3)23(31-20)25-16-7-9-17(28-4)10-8-16/h1,7-10,12-14H,6,11H2,2-4H3/b20-14-,25-23?. The molecule has 0 aliphatic carbocycles. The molecule has 0 atom stereocenters. The number of benzene rings is 2. The first kappa shape index (κ1) is 22.8. The molecule has 8 heteroatoms. The number of halogens is 1. The van der Waals surface area contributed by atoms with Crippen molar-refractivity contribution >= 4 is 50.5 Å². The molecule has 160 valence electrons. The molecular formula is C23H21BrN2O4S. The van der Waals surface area contributed by atoms with Crippen molar-refractivity contribution in [2.24, 2.45) is 4.99 Å². The molecule has 0 spiro atoms. The lowest BCUT2D eigenvalue weighted by Gasteiger charge is -2.13. The summed E-state index contributed by atoms with van der Waals surface area (Å²) >= 11 is 4.82. The SMILES string of the molecule is C#CCOc1c(Br)cc(/C=C2\SC(=Nc3ccc(OC)cc3)N(C)C2=O)cc1OCC. The molecule has 0 radical (unpaired) electrons. The highest BCUT2D eigenvalue weighted by molar-refractivity contribution is 9.10. The molecule has 1 heterocycles. The highest BCUT2D eigenvalue weighted by Crippen LogP contribution is 2.39. The number of nitrogens with zero attached hydrogens (tertiary/aromatic N) is 2. The molecular weight excluding hydrogens is 480 g/mol. The zero-order valence-electron chi connectivity index (χ0n) is 17.3. The summed E-state index contributed by atoms with van der Waals surface area (Å²) in [5.41, 5.74) is 1.53. The fraction of sp³-hybridized carbons (Fsp3) is 0.217. The van der Waals surface area contributed by atoms with Crippen LogP contribution in [0.5, 0.6) is 17.2 Å². The van der Waals surface area contributed by atoms with Crippen molar-refractivity contribution in [2.45, 2.75) is 6.92 Å². The van der Waals surface area contributed by atoms with Gasteiger partial charge in [0.05, 0.1) is 28.8 Å². The topological polar surface area (TPSA) is 60.4 Å². The molecule has 0 saturated carbocycles. The van der Waals surface area contributed by atoms with E-state index in [1.165, 1.54) is 16.7 Å². The highest BCUT2D eigenvalue weighted by atomic mass is 79.9. The monoisotopic (exact) mass is 500 g/mol. The maximum Gasteiger partial charge on any atom is 0.266 e. The largest absolute Gasteiger partial charge is 0.497 e. The van der Waals surface area contributed by atoms with E-state index in [-0.39, 0.29) is 12.5 Å². The minimum Gasteiger partial charge on any atom is -0.497 e. The lowest BCUT2D eigenvalue weighted by atomic mass is 10.2. The Balaban J connectivity index is 1.89. The van der Waals surface area contributed by atoms with Crippen LogP contribution < -0.4 is 14.2 Å². The molecule has 0 aromatic heterocycles. The molecule has 3 rings (SSSR count). The third kappa shape index (κ3) is 5.43. The Labute approximate surface area is 194 Å². The number of hydrogen-bond acceptors (Lipinski definition) is 6. The average Bonchev–Trinajstić information content (AvgIpc) is 3.01. The molecule has 1 fully saturated rings. The average molecular weight is 501 g/mol. The minimum atomic E-state index is -0.126. The Morgan fingerprint density at radius 1 is 1.26 bits per heavy atom. The van der Waals surface area contributed by atoms with E-state index in [2.05, 4.69) is 26.8 Å². The van der Waals surface area contributed by atoms with E-state index >= 15 is 0 Å².